The van der Waals surface area contributed by atoms with Crippen LogP contribution in [0.15, 0.2) is 18.2 Å². The lowest BCUT2D eigenvalue weighted by Crippen LogP contribution is -2.05. The van der Waals surface area contributed by atoms with Gasteiger partial charge in [0.15, 0.2) is 0 Å². The van der Waals surface area contributed by atoms with Crippen LogP contribution >= 0.6 is 15.9 Å². The van der Waals surface area contributed by atoms with Crippen LogP contribution in [-0.2, 0) is 11.2 Å². The zero-order valence-electron chi connectivity index (χ0n) is 8.63. The molecule has 0 bridgehead atoms. The highest BCUT2D eigenvalue weighted by atomic mass is 79.9. The second kappa shape index (κ2) is 4.35. The van der Waals surface area contributed by atoms with Crippen LogP contribution in [0.1, 0.15) is 39.7 Å². The monoisotopic (exact) mass is 268 g/mol. The minimum Gasteiger partial charge on any atom is -0.462 e. The third-order valence-electron chi connectivity index (χ3n) is 2.66. The molecule has 1 aromatic rings. The predicted octanol–water partition coefficient (Wildman–Crippen LogP) is 3.25. The number of rotatable bonds is 2. The molecular formula is C12H13BrO2. The van der Waals surface area contributed by atoms with Crippen molar-refractivity contribution in [2.75, 3.05) is 6.61 Å². The molecule has 2 rings (SSSR count). The summed E-state index contributed by atoms with van der Waals surface area (Å²) >= 11 is 3.61. The predicted molar refractivity (Wildman–Crippen MR) is 62.4 cm³/mol. The lowest BCUT2D eigenvalue weighted by molar-refractivity contribution is 0.0526. The standard InChI is InChI=1S/C12H13BrO2/c1-2-15-12(14)9-3-5-10-8(7-9)4-6-11(10)13/h3,5,7,11H,2,4,6H2,1H3. The van der Waals surface area contributed by atoms with Crippen LogP contribution < -0.4 is 0 Å². The molecule has 0 radical (unpaired) electrons. The summed E-state index contributed by atoms with van der Waals surface area (Å²) in [5, 5.41) is 0. The molecular weight excluding hydrogens is 256 g/mol. The number of aryl methyl sites for hydroxylation is 1. The van der Waals surface area contributed by atoms with Crippen molar-refractivity contribution in [3.05, 3.63) is 34.9 Å². The van der Waals surface area contributed by atoms with Gasteiger partial charge in [-0.1, -0.05) is 22.0 Å². The molecule has 1 unspecified atom stereocenters. The summed E-state index contributed by atoms with van der Waals surface area (Å²) in [4.78, 5) is 11.9. The Morgan fingerprint density at radius 1 is 1.60 bits per heavy atom. The Balaban J connectivity index is 2.27. The van der Waals surface area contributed by atoms with E-state index in [9.17, 15) is 4.79 Å². The molecule has 1 aliphatic rings. The van der Waals surface area contributed by atoms with Gasteiger partial charge in [-0.2, -0.15) is 0 Å². The number of hydrogen-bond acceptors (Lipinski definition) is 2. The van der Waals surface area contributed by atoms with Crippen LogP contribution in [-0.4, -0.2) is 12.6 Å². The summed E-state index contributed by atoms with van der Waals surface area (Å²) in [6, 6.07) is 5.82. The first-order valence-electron chi connectivity index (χ1n) is 5.16. The van der Waals surface area contributed by atoms with Crippen LogP contribution in [0.2, 0.25) is 0 Å². The summed E-state index contributed by atoms with van der Waals surface area (Å²) in [5.74, 6) is -0.224. The lowest BCUT2D eigenvalue weighted by atomic mass is 10.1. The highest BCUT2D eigenvalue weighted by molar-refractivity contribution is 9.09. The number of esters is 1. The molecule has 1 atom stereocenters. The van der Waals surface area contributed by atoms with E-state index >= 15 is 0 Å². The number of benzene rings is 1. The number of carbonyl (C=O) groups is 1. The lowest BCUT2D eigenvalue weighted by Gasteiger charge is -2.05. The summed E-state index contributed by atoms with van der Waals surface area (Å²) in [6.07, 6.45) is 2.15. The van der Waals surface area contributed by atoms with Crippen LogP contribution in [0.4, 0.5) is 0 Å². The summed E-state index contributed by atoms with van der Waals surface area (Å²) < 4.78 is 4.96. The first-order chi connectivity index (χ1) is 7.22. The number of carbonyl (C=O) groups excluding carboxylic acids is 1. The third kappa shape index (κ3) is 2.07. The molecule has 0 saturated heterocycles. The fraction of sp³-hybridized carbons (Fsp3) is 0.417. The summed E-state index contributed by atoms with van der Waals surface area (Å²) in [5.41, 5.74) is 3.24. The van der Waals surface area contributed by atoms with Crippen LogP contribution in [0, 0.1) is 0 Å². The smallest absolute Gasteiger partial charge is 0.338 e. The van der Waals surface area contributed by atoms with Crippen molar-refractivity contribution in [1.82, 2.24) is 0 Å². The molecule has 0 aromatic heterocycles. The zero-order valence-corrected chi connectivity index (χ0v) is 10.2. The van der Waals surface area contributed by atoms with Gasteiger partial charge in [-0.05, 0) is 43.0 Å². The Kier molecular flexibility index (Phi) is 3.10. The van der Waals surface area contributed by atoms with Gasteiger partial charge in [0.2, 0.25) is 0 Å². The van der Waals surface area contributed by atoms with E-state index in [-0.39, 0.29) is 5.97 Å². The highest BCUT2D eigenvalue weighted by Gasteiger charge is 2.21. The molecule has 80 valence electrons. The molecule has 1 aromatic carbocycles. The van der Waals surface area contributed by atoms with Crippen molar-refractivity contribution in [3.63, 3.8) is 0 Å². The average Bonchev–Trinajstić information content (AvgIpc) is 2.60. The first kappa shape index (κ1) is 10.7. The molecule has 0 aliphatic heterocycles. The van der Waals surface area contributed by atoms with Gasteiger partial charge in [0, 0.05) is 4.83 Å². The number of hydrogen-bond donors (Lipinski definition) is 0. The van der Waals surface area contributed by atoms with Gasteiger partial charge in [0.25, 0.3) is 0 Å². The van der Waals surface area contributed by atoms with Gasteiger partial charge in [0.1, 0.15) is 0 Å². The Morgan fingerprint density at radius 2 is 2.40 bits per heavy atom. The maximum Gasteiger partial charge on any atom is 0.338 e. The van der Waals surface area contributed by atoms with Gasteiger partial charge >= 0.3 is 5.97 Å². The average molecular weight is 269 g/mol. The van der Waals surface area contributed by atoms with Gasteiger partial charge in [-0.3, -0.25) is 0 Å². The van der Waals surface area contributed by atoms with Crippen LogP contribution in [0.5, 0.6) is 0 Å². The molecule has 0 N–H and O–H groups in total. The van der Waals surface area contributed by atoms with Crippen LogP contribution in [0.3, 0.4) is 0 Å². The van der Waals surface area contributed by atoms with E-state index in [2.05, 4.69) is 15.9 Å². The SMILES string of the molecule is CCOC(=O)c1ccc2c(c1)CCC2Br. The normalized spacial score (nSPS) is 18.7. The Hall–Kier alpha value is -0.830. The highest BCUT2D eigenvalue weighted by Crippen LogP contribution is 2.37. The largest absolute Gasteiger partial charge is 0.462 e. The molecule has 3 heteroatoms. The molecule has 0 heterocycles. The Labute approximate surface area is 97.8 Å². The number of halogens is 1. The molecule has 0 amide bonds. The molecule has 0 saturated carbocycles. The molecule has 1 aliphatic carbocycles. The van der Waals surface area contributed by atoms with E-state index in [1.54, 1.807) is 0 Å². The minimum absolute atomic E-state index is 0.224. The van der Waals surface area contributed by atoms with Crippen LogP contribution in [0.25, 0.3) is 0 Å². The Bertz CT molecular complexity index is 387. The number of ether oxygens (including phenoxy) is 1. The second-order valence-electron chi connectivity index (χ2n) is 3.64. The zero-order chi connectivity index (χ0) is 10.8. The minimum atomic E-state index is -0.224. The van der Waals surface area contributed by atoms with E-state index in [4.69, 9.17) is 4.74 Å². The van der Waals surface area contributed by atoms with Crippen molar-refractivity contribution >= 4 is 21.9 Å². The topological polar surface area (TPSA) is 26.3 Å². The van der Waals surface area contributed by atoms with Crippen molar-refractivity contribution in [2.45, 2.75) is 24.6 Å². The number of fused-ring (bicyclic) bond motifs is 1. The van der Waals surface area contributed by atoms with E-state index < -0.39 is 0 Å². The summed E-state index contributed by atoms with van der Waals surface area (Å²) in [7, 11) is 0. The summed E-state index contributed by atoms with van der Waals surface area (Å²) in [6.45, 7) is 2.25. The quantitative estimate of drug-likeness (QED) is 0.608. The van der Waals surface area contributed by atoms with Gasteiger partial charge in [0.05, 0.1) is 12.2 Å². The van der Waals surface area contributed by atoms with Gasteiger partial charge in [-0.15, -0.1) is 0 Å². The second-order valence-corrected chi connectivity index (χ2v) is 4.75. The molecule has 15 heavy (non-hydrogen) atoms. The Morgan fingerprint density at radius 3 is 3.13 bits per heavy atom. The van der Waals surface area contributed by atoms with Crippen molar-refractivity contribution in [2.24, 2.45) is 0 Å². The molecule has 0 fully saturated rings. The fourth-order valence-corrected chi connectivity index (χ4v) is 2.58. The van der Waals surface area contributed by atoms with Crippen molar-refractivity contribution in [3.8, 4) is 0 Å². The number of alkyl halides is 1. The van der Waals surface area contributed by atoms with Crippen molar-refractivity contribution in [1.29, 1.82) is 0 Å². The van der Waals surface area contributed by atoms with Gasteiger partial charge in [-0.25, -0.2) is 4.79 Å². The molecule has 2 nitrogen and oxygen atoms in total. The first-order valence-corrected chi connectivity index (χ1v) is 6.08. The van der Waals surface area contributed by atoms with Gasteiger partial charge < -0.3 is 4.74 Å². The third-order valence-corrected chi connectivity index (χ3v) is 3.61. The maximum absolute atomic E-state index is 11.5. The van der Waals surface area contributed by atoms with E-state index in [1.165, 1.54) is 11.1 Å². The van der Waals surface area contributed by atoms with E-state index in [0.29, 0.717) is 17.0 Å². The van der Waals surface area contributed by atoms with E-state index in [1.807, 2.05) is 25.1 Å². The molecule has 0 spiro atoms. The fourth-order valence-electron chi connectivity index (χ4n) is 1.91. The van der Waals surface area contributed by atoms with Crippen molar-refractivity contribution < 1.29 is 9.53 Å². The van der Waals surface area contributed by atoms with E-state index in [0.717, 1.165) is 12.8 Å². The maximum atomic E-state index is 11.5.